The number of aryl methyl sites for hydroxylation is 1. The molecule has 7 heteroatoms. The van der Waals surface area contributed by atoms with Crippen molar-refractivity contribution in [2.24, 2.45) is 5.11 Å². The minimum Gasteiger partial charge on any atom is -0.282 e. The second kappa shape index (κ2) is 3.67. The van der Waals surface area contributed by atoms with Gasteiger partial charge in [-0.3, -0.25) is 4.55 Å². The van der Waals surface area contributed by atoms with Crippen LogP contribution in [0.25, 0.3) is 10.4 Å². The molecule has 74 valence electrons. The lowest BCUT2D eigenvalue weighted by Gasteiger charge is -2.02. The van der Waals surface area contributed by atoms with Crippen molar-refractivity contribution in [3.63, 3.8) is 0 Å². The van der Waals surface area contributed by atoms with Crippen LogP contribution in [0.4, 0.5) is 5.69 Å². The number of benzene rings is 1. The van der Waals surface area contributed by atoms with Crippen molar-refractivity contribution in [1.82, 2.24) is 0 Å². The minimum atomic E-state index is -4.34. The summed E-state index contributed by atoms with van der Waals surface area (Å²) in [5.41, 5.74) is 8.70. The summed E-state index contributed by atoms with van der Waals surface area (Å²) in [6.45, 7) is 1.66. The molecule has 0 heterocycles. The van der Waals surface area contributed by atoms with Crippen LogP contribution in [0.5, 0.6) is 0 Å². The molecule has 0 unspecified atom stereocenters. The van der Waals surface area contributed by atoms with Crippen LogP contribution in [0, 0.1) is 6.92 Å². The molecule has 6 nitrogen and oxygen atoms in total. The van der Waals surface area contributed by atoms with Gasteiger partial charge in [0.15, 0.2) is 0 Å². The Labute approximate surface area is 80.6 Å². The van der Waals surface area contributed by atoms with Gasteiger partial charge in [0.2, 0.25) is 0 Å². The predicted molar refractivity (Wildman–Crippen MR) is 49.8 cm³/mol. The average molecular weight is 213 g/mol. The van der Waals surface area contributed by atoms with Gasteiger partial charge in [0.1, 0.15) is 4.90 Å². The smallest absolute Gasteiger partial charge is 0.282 e. The Hall–Kier alpha value is -1.56. The summed E-state index contributed by atoms with van der Waals surface area (Å²) < 4.78 is 30.5. The highest BCUT2D eigenvalue weighted by Gasteiger charge is 2.14. The molecule has 0 aromatic heterocycles. The summed E-state index contributed by atoms with van der Waals surface area (Å²) in [6, 6.07) is 4.15. The lowest BCUT2D eigenvalue weighted by atomic mass is 10.2. The van der Waals surface area contributed by atoms with Crippen LogP contribution >= 0.6 is 0 Å². The van der Waals surface area contributed by atoms with Gasteiger partial charge in [-0.25, -0.2) is 0 Å². The van der Waals surface area contributed by atoms with Crippen molar-refractivity contribution < 1.29 is 13.0 Å². The third-order valence-electron chi connectivity index (χ3n) is 1.55. The molecule has 0 fully saturated rings. The van der Waals surface area contributed by atoms with E-state index in [4.69, 9.17) is 10.1 Å². The molecule has 0 spiro atoms. The third-order valence-corrected chi connectivity index (χ3v) is 2.43. The first-order valence-electron chi connectivity index (χ1n) is 3.58. The number of azide groups is 1. The Kier molecular flexibility index (Phi) is 2.76. The van der Waals surface area contributed by atoms with Gasteiger partial charge in [-0.05, 0) is 24.1 Å². The maximum absolute atomic E-state index is 10.9. The van der Waals surface area contributed by atoms with Crippen molar-refractivity contribution in [2.75, 3.05) is 0 Å². The molecule has 0 radical (unpaired) electrons. The van der Waals surface area contributed by atoms with Crippen molar-refractivity contribution in [3.8, 4) is 0 Å². The topological polar surface area (TPSA) is 103 Å². The molecule has 0 aliphatic heterocycles. The van der Waals surface area contributed by atoms with E-state index in [-0.39, 0.29) is 10.6 Å². The zero-order chi connectivity index (χ0) is 10.8. The van der Waals surface area contributed by atoms with E-state index in [0.717, 1.165) is 0 Å². The van der Waals surface area contributed by atoms with Gasteiger partial charge in [-0.1, -0.05) is 17.2 Å². The van der Waals surface area contributed by atoms with Crippen LogP contribution in [0.2, 0.25) is 0 Å². The second-order valence-corrected chi connectivity index (χ2v) is 4.03. The fraction of sp³-hybridized carbons (Fsp3) is 0.143. The fourth-order valence-corrected chi connectivity index (χ4v) is 1.67. The molecule has 14 heavy (non-hydrogen) atoms. The van der Waals surface area contributed by atoms with E-state index < -0.39 is 10.1 Å². The summed E-state index contributed by atoms with van der Waals surface area (Å²) in [6.07, 6.45) is 0. The van der Waals surface area contributed by atoms with E-state index in [1.165, 1.54) is 12.1 Å². The molecule has 1 N–H and O–H groups in total. The highest BCUT2D eigenvalue weighted by molar-refractivity contribution is 7.86. The van der Waals surface area contributed by atoms with Gasteiger partial charge in [-0.2, -0.15) is 8.42 Å². The highest BCUT2D eigenvalue weighted by atomic mass is 32.2. The molecule has 0 amide bonds. The zero-order valence-electron chi connectivity index (χ0n) is 7.25. The quantitative estimate of drug-likeness (QED) is 0.352. The second-order valence-electron chi connectivity index (χ2n) is 2.64. The van der Waals surface area contributed by atoms with Crippen LogP contribution in [-0.2, 0) is 10.1 Å². The molecule has 1 rings (SSSR count). The van der Waals surface area contributed by atoms with Gasteiger partial charge in [0.05, 0.1) is 5.69 Å². The van der Waals surface area contributed by atoms with Crippen LogP contribution in [0.15, 0.2) is 28.2 Å². The summed E-state index contributed by atoms with van der Waals surface area (Å²) in [7, 11) is -4.34. The summed E-state index contributed by atoms with van der Waals surface area (Å²) in [5, 5.41) is 3.16. The first-order chi connectivity index (χ1) is 6.45. The average Bonchev–Trinajstić information content (AvgIpc) is 2.07. The summed E-state index contributed by atoms with van der Waals surface area (Å²) in [4.78, 5) is 2.08. The number of hydrogen-bond acceptors (Lipinski definition) is 3. The largest absolute Gasteiger partial charge is 0.294 e. The van der Waals surface area contributed by atoms with E-state index in [1.807, 2.05) is 0 Å². The Morgan fingerprint density at radius 3 is 2.64 bits per heavy atom. The Balaban J connectivity index is 3.53. The molecule has 0 saturated carbocycles. The summed E-state index contributed by atoms with van der Waals surface area (Å²) >= 11 is 0. The van der Waals surface area contributed by atoms with E-state index in [1.54, 1.807) is 13.0 Å². The van der Waals surface area contributed by atoms with Gasteiger partial charge in [-0.15, -0.1) is 0 Å². The van der Waals surface area contributed by atoms with E-state index in [9.17, 15) is 8.42 Å². The first kappa shape index (κ1) is 10.5. The maximum Gasteiger partial charge on any atom is 0.294 e. The first-order valence-corrected chi connectivity index (χ1v) is 5.02. The molecule has 1 aromatic carbocycles. The molecule has 0 aliphatic carbocycles. The van der Waals surface area contributed by atoms with Gasteiger partial charge in [0, 0.05) is 4.91 Å². The molecule has 1 aromatic rings. The summed E-state index contributed by atoms with van der Waals surface area (Å²) in [5.74, 6) is 0. The monoisotopic (exact) mass is 213 g/mol. The zero-order valence-corrected chi connectivity index (χ0v) is 8.06. The molecule has 0 saturated heterocycles. The Morgan fingerprint density at radius 1 is 1.50 bits per heavy atom. The van der Waals surface area contributed by atoms with Crippen molar-refractivity contribution >= 4 is 15.8 Å². The van der Waals surface area contributed by atoms with Crippen molar-refractivity contribution in [2.45, 2.75) is 11.8 Å². The van der Waals surface area contributed by atoms with Crippen LogP contribution in [0.1, 0.15) is 5.56 Å². The molecular formula is C7H7N3O3S. The van der Waals surface area contributed by atoms with Crippen LogP contribution < -0.4 is 0 Å². The predicted octanol–water partition coefficient (Wildman–Crippen LogP) is 2.18. The van der Waals surface area contributed by atoms with Gasteiger partial charge >= 0.3 is 0 Å². The lowest BCUT2D eigenvalue weighted by molar-refractivity contribution is 0.483. The van der Waals surface area contributed by atoms with E-state index in [0.29, 0.717) is 5.56 Å². The molecule has 0 bridgehead atoms. The van der Waals surface area contributed by atoms with Crippen LogP contribution in [-0.4, -0.2) is 13.0 Å². The Bertz CT molecular complexity index is 503. The molecule has 0 aliphatic rings. The van der Waals surface area contributed by atoms with Gasteiger partial charge < -0.3 is 0 Å². The SMILES string of the molecule is Cc1ccc(N=[N+]=[N-])c(S(=O)(=O)O)c1. The Morgan fingerprint density at radius 2 is 2.14 bits per heavy atom. The third kappa shape index (κ3) is 2.23. The lowest BCUT2D eigenvalue weighted by Crippen LogP contribution is -1.98. The van der Waals surface area contributed by atoms with E-state index in [2.05, 4.69) is 10.0 Å². The normalized spacial score (nSPS) is 10.7. The number of nitrogens with zero attached hydrogens (tertiary/aromatic N) is 3. The van der Waals surface area contributed by atoms with Crippen LogP contribution in [0.3, 0.4) is 0 Å². The number of rotatable bonds is 2. The van der Waals surface area contributed by atoms with Crippen molar-refractivity contribution in [1.29, 1.82) is 0 Å². The van der Waals surface area contributed by atoms with E-state index >= 15 is 0 Å². The minimum absolute atomic E-state index is 0.111. The maximum atomic E-state index is 10.9. The van der Waals surface area contributed by atoms with Gasteiger partial charge in [0.25, 0.3) is 10.1 Å². The molecule has 0 atom stereocenters. The standard InChI is InChI=1S/C7H7N3O3S/c1-5-2-3-6(9-10-8)7(4-5)14(11,12)13/h2-4H,1H3,(H,11,12,13). The number of hydrogen-bond donors (Lipinski definition) is 1. The highest BCUT2D eigenvalue weighted by Crippen LogP contribution is 2.25. The fourth-order valence-electron chi connectivity index (χ4n) is 0.959. The van der Waals surface area contributed by atoms with Crippen molar-refractivity contribution in [3.05, 3.63) is 34.2 Å². The molecular weight excluding hydrogens is 206 g/mol.